The predicted molar refractivity (Wildman–Crippen MR) is 101 cm³/mol. The normalized spacial score (nSPS) is 11.5. The molecule has 25 heavy (non-hydrogen) atoms. The van der Waals surface area contributed by atoms with Crippen LogP contribution in [0.5, 0.6) is 0 Å². The van der Waals surface area contributed by atoms with Gasteiger partial charge in [-0.3, -0.25) is 0 Å². The molecule has 0 aliphatic heterocycles. The summed E-state index contributed by atoms with van der Waals surface area (Å²) in [6.07, 6.45) is 6.02. The van der Waals surface area contributed by atoms with Gasteiger partial charge in [0.05, 0.1) is 0 Å². The first kappa shape index (κ1) is 25.6. The van der Waals surface area contributed by atoms with E-state index >= 15 is 0 Å². The minimum atomic E-state index is -2.50. The summed E-state index contributed by atoms with van der Waals surface area (Å²) in [5.74, 6) is 0. The number of rotatable bonds is 21. The van der Waals surface area contributed by atoms with E-state index in [4.69, 9.17) is 23.3 Å². The van der Waals surface area contributed by atoms with Gasteiger partial charge in [-0.1, -0.05) is 0 Å². The van der Waals surface area contributed by atoms with E-state index in [1.54, 1.807) is 0 Å². The SMILES string of the molecule is CCOCCCC[O][Sb]([O]CCCCOCC)[O]CCCCOCC. The molecule has 0 aliphatic rings. The molecule has 0 unspecified atom stereocenters. The van der Waals surface area contributed by atoms with Crippen molar-refractivity contribution in [2.24, 2.45) is 0 Å². The number of unbranched alkanes of at least 4 members (excludes halogenated alkanes) is 3. The number of ether oxygens (including phenoxy) is 3. The number of hydrogen-bond acceptors (Lipinski definition) is 6. The topological polar surface area (TPSA) is 55.4 Å². The third kappa shape index (κ3) is 20.7. The molecular weight excluding hydrogens is 434 g/mol. The van der Waals surface area contributed by atoms with Gasteiger partial charge in [0.25, 0.3) is 0 Å². The first-order valence-electron chi connectivity index (χ1n) is 9.77. The van der Waals surface area contributed by atoms with Crippen molar-refractivity contribution in [3.05, 3.63) is 0 Å². The Morgan fingerprint density at radius 1 is 0.440 bits per heavy atom. The van der Waals surface area contributed by atoms with Crippen molar-refractivity contribution in [3.8, 4) is 0 Å². The van der Waals surface area contributed by atoms with Crippen molar-refractivity contribution in [2.75, 3.05) is 59.5 Å². The van der Waals surface area contributed by atoms with Crippen LogP contribution in [0.4, 0.5) is 0 Å². The molecule has 0 aliphatic carbocycles. The molecule has 0 heterocycles. The zero-order valence-electron chi connectivity index (χ0n) is 16.5. The van der Waals surface area contributed by atoms with Crippen LogP contribution in [0.3, 0.4) is 0 Å². The molecule has 6 nitrogen and oxygen atoms in total. The van der Waals surface area contributed by atoms with Gasteiger partial charge in [-0.25, -0.2) is 0 Å². The molecule has 0 bridgehead atoms. The van der Waals surface area contributed by atoms with Crippen LogP contribution in [-0.4, -0.2) is 80.9 Å². The third-order valence-electron chi connectivity index (χ3n) is 3.25. The molecule has 0 spiro atoms. The zero-order valence-corrected chi connectivity index (χ0v) is 19.1. The van der Waals surface area contributed by atoms with Gasteiger partial charge in [0.1, 0.15) is 0 Å². The summed E-state index contributed by atoms with van der Waals surface area (Å²) in [4.78, 5) is 0. The molecule has 0 aromatic heterocycles. The van der Waals surface area contributed by atoms with Crippen molar-refractivity contribution in [1.29, 1.82) is 0 Å². The first-order chi connectivity index (χ1) is 12.3. The van der Waals surface area contributed by atoms with Gasteiger partial charge in [-0.15, -0.1) is 0 Å². The van der Waals surface area contributed by atoms with Gasteiger partial charge in [0.2, 0.25) is 0 Å². The molecule has 0 aromatic rings. The Hall–Kier alpha value is 0.578. The molecule has 0 atom stereocenters. The van der Waals surface area contributed by atoms with E-state index in [2.05, 4.69) is 0 Å². The summed E-state index contributed by atoms with van der Waals surface area (Å²) in [6.45, 7) is 12.9. The Kier molecular flexibility index (Phi) is 23.1. The van der Waals surface area contributed by atoms with E-state index in [9.17, 15) is 0 Å². The predicted octanol–water partition coefficient (Wildman–Crippen LogP) is 3.47. The van der Waals surface area contributed by atoms with Gasteiger partial charge in [-0.05, 0) is 0 Å². The van der Waals surface area contributed by atoms with Gasteiger partial charge < -0.3 is 0 Å². The fraction of sp³-hybridized carbons (Fsp3) is 1.00. The fourth-order valence-corrected chi connectivity index (χ4v) is 4.90. The van der Waals surface area contributed by atoms with Crippen LogP contribution in [-0.2, 0) is 23.3 Å². The third-order valence-corrected chi connectivity index (χ3v) is 6.62. The van der Waals surface area contributed by atoms with E-state index in [1.165, 1.54) is 0 Å². The molecule has 0 saturated carbocycles. The van der Waals surface area contributed by atoms with Crippen LogP contribution in [0.2, 0.25) is 0 Å². The summed E-state index contributed by atoms with van der Waals surface area (Å²) < 4.78 is 33.7. The Morgan fingerprint density at radius 3 is 1.00 bits per heavy atom. The average molecular weight is 473 g/mol. The number of hydrogen-bond donors (Lipinski definition) is 0. The summed E-state index contributed by atoms with van der Waals surface area (Å²) in [6, 6.07) is 0. The van der Waals surface area contributed by atoms with Crippen molar-refractivity contribution in [1.82, 2.24) is 0 Å². The fourth-order valence-electron chi connectivity index (χ4n) is 1.88. The van der Waals surface area contributed by atoms with Crippen LogP contribution in [0, 0.1) is 0 Å². The first-order valence-corrected chi connectivity index (χ1v) is 12.9. The van der Waals surface area contributed by atoms with Gasteiger partial charge in [0, 0.05) is 0 Å². The average Bonchev–Trinajstić information content (AvgIpc) is 2.63. The molecular formula is C18H39O6Sb. The summed E-state index contributed by atoms with van der Waals surface area (Å²) >= 11 is -2.50. The Labute approximate surface area is 163 Å². The van der Waals surface area contributed by atoms with Crippen molar-refractivity contribution in [3.63, 3.8) is 0 Å². The second kappa shape index (κ2) is 22.6. The van der Waals surface area contributed by atoms with E-state index in [0.717, 1.165) is 78.2 Å². The van der Waals surface area contributed by atoms with Gasteiger partial charge in [0.15, 0.2) is 0 Å². The van der Waals surface area contributed by atoms with E-state index in [0.29, 0.717) is 19.8 Å². The van der Waals surface area contributed by atoms with Gasteiger partial charge >= 0.3 is 163 Å². The molecule has 0 rings (SSSR count). The summed E-state index contributed by atoms with van der Waals surface area (Å²) in [7, 11) is 0. The van der Waals surface area contributed by atoms with E-state index < -0.39 is 21.5 Å². The summed E-state index contributed by atoms with van der Waals surface area (Å²) in [5, 5.41) is 0. The monoisotopic (exact) mass is 472 g/mol. The van der Waals surface area contributed by atoms with Crippen molar-refractivity contribution >= 4 is 21.5 Å². The standard InChI is InChI=1S/3C6H13O2.Sb/c3*1-2-8-6-4-3-5-7;/h3*2-6H2,1H3;/q3*-1;+3. The van der Waals surface area contributed by atoms with Crippen molar-refractivity contribution in [2.45, 2.75) is 59.3 Å². The van der Waals surface area contributed by atoms with Crippen LogP contribution in [0.15, 0.2) is 0 Å². The molecule has 0 radical (unpaired) electrons. The van der Waals surface area contributed by atoms with Crippen LogP contribution < -0.4 is 0 Å². The Bertz CT molecular complexity index is 208. The second-order valence-corrected chi connectivity index (χ2v) is 8.92. The molecule has 0 N–H and O–H groups in total. The minimum absolute atomic E-state index is 0.702. The van der Waals surface area contributed by atoms with E-state index in [1.807, 2.05) is 20.8 Å². The van der Waals surface area contributed by atoms with Crippen LogP contribution in [0.25, 0.3) is 0 Å². The molecule has 152 valence electrons. The Balaban J connectivity index is 3.76. The molecule has 0 saturated heterocycles. The van der Waals surface area contributed by atoms with E-state index in [-0.39, 0.29) is 0 Å². The molecule has 0 fully saturated rings. The van der Waals surface area contributed by atoms with Gasteiger partial charge in [-0.2, -0.15) is 0 Å². The molecule has 0 aromatic carbocycles. The van der Waals surface area contributed by atoms with Crippen molar-refractivity contribution < 1.29 is 23.3 Å². The quantitative estimate of drug-likeness (QED) is 0.188. The van der Waals surface area contributed by atoms with Crippen LogP contribution in [0.1, 0.15) is 59.3 Å². The van der Waals surface area contributed by atoms with Crippen LogP contribution >= 0.6 is 0 Å². The summed E-state index contributed by atoms with van der Waals surface area (Å²) in [5.41, 5.74) is 0. The maximum atomic E-state index is 5.90. The second-order valence-electron chi connectivity index (χ2n) is 5.44. The zero-order chi connectivity index (χ0) is 18.4. The Morgan fingerprint density at radius 2 is 0.720 bits per heavy atom. The molecule has 7 heteroatoms. The maximum absolute atomic E-state index is 5.90. The molecule has 0 amide bonds.